The van der Waals surface area contributed by atoms with Gasteiger partial charge in [-0.1, -0.05) is 11.6 Å². The van der Waals surface area contributed by atoms with Crippen molar-refractivity contribution in [3.8, 4) is 0 Å². The first-order valence-corrected chi connectivity index (χ1v) is 8.34. The summed E-state index contributed by atoms with van der Waals surface area (Å²) in [5.41, 5.74) is 0.972. The number of nitrogens with zero attached hydrogens (tertiary/aromatic N) is 2. The highest BCUT2D eigenvalue weighted by atomic mass is 35.5. The summed E-state index contributed by atoms with van der Waals surface area (Å²) in [7, 11) is 0. The van der Waals surface area contributed by atoms with Crippen molar-refractivity contribution in [3.05, 3.63) is 23.5 Å². The van der Waals surface area contributed by atoms with Crippen LogP contribution in [0.1, 0.15) is 25.7 Å². The van der Waals surface area contributed by atoms with E-state index in [4.69, 9.17) is 16.3 Å². The lowest BCUT2D eigenvalue weighted by Gasteiger charge is -2.35. The highest BCUT2D eigenvalue weighted by Gasteiger charge is 2.28. The van der Waals surface area contributed by atoms with Crippen LogP contribution in [0.3, 0.4) is 0 Å². The molecule has 3 rings (SSSR count). The molecule has 0 spiro atoms. The molecule has 1 atom stereocenters. The van der Waals surface area contributed by atoms with Crippen molar-refractivity contribution < 1.29 is 9.53 Å². The van der Waals surface area contributed by atoms with Gasteiger partial charge in [0.25, 0.3) is 0 Å². The molecule has 0 aromatic carbocycles. The summed E-state index contributed by atoms with van der Waals surface area (Å²) in [6.07, 6.45) is 7.17. The maximum absolute atomic E-state index is 12.5. The third kappa shape index (κ3) is 3.70. The Kier molecular flexibility index (Phi) is 5.16. The van der Waals surface area contributed by atoms with Gasteiger partial charge in [-0.25, -0.2) is 0 Å². The summed E-state index contributed by atoms with van der Waals surface area (Å²) in [4.78, 5) is 18.7. The van der Waals surface area contributed by atoms with Crippen molar-refractivity contribution in [2.75, 3.05) is 31.2 Å². The number of halogens is 1. The van der Waals surface area contributed by atoms with Gasteiger partial charge in [0.05, 0.1) is 16.6 Å². The number of pyridine rings is 1. The number of hydrogen-bond acceptors (Lipinski definition) is 4. The smallest absolute Gasteiger partial charge is 0.225 e. The highest BCUT2D eigenvalue weighted by molar-refractivity contribution is 6.33. The summed E-state index contributed by atoms with van der Waals surface area (Å²) < 4.78 is 5.33. The molecule has 1 N–H and O–H groups in total. The first-order chi connectivity index (χ1) is 10.7. The minimum absolute atomic E-state index is 0.0285. The van der Waals surface area contributed by atoms with Crippen molar-refractivity contribution in [1.29, 1.82) is 0 Å². The van der Waals surface area contributed by atoms with Gasteiger partial charge in [0, 0.05) is 44.7 Å². The SMILES string of the molecule is O=C(NC1CCOCC1)C1CCCN(c2ccncc2Cl)C1. The second-order valence-electron chi connectivity index (χ2n) is 6.01. The predicted molar refractivity (Wildman–Crippen MR) is 86.2 cm³/mol. The third-order valence-corrected chi connectivity index (χ3v) is 4.74. The normalized spacial score (nSPS) is 23.3. The van der Waals surface area contributed by atoms with Crippen LogP contribution in [0.25, 0.3) is 0 Å². The Morgan fingerprint density at radius 3 is 2.95 bits per heavy atom. The molecule has 2 saturated heterocycles. The number of piperidine rings is 1. The molecule has 0 bridgehead atoms. The Hall–Kier alpha value is -1.33. The molecule has 3 heterocycles. The Morgan fingerprint density at radius 1 is 1.36 bits per heavy atom. The molecule has 1 aromatic rings. The minimum Gasteiger partial charge on any atom is -0.381 e. The van der Waals surface area contributed by atoms with Crippen molar-refractivity contribution in [3.63, 3.8) is 0 Å². The molecule has 5 nitrogen and oxygen atoms in total. The molecule has 2 fully saturated rings. The molecule has 2 aliphatic heterocycles. The van der Waals surface area contributed by atoms with E-state index in [0.717, 1.165) is 57.7 Å². The number of aromatic nitrogens is 1. The van der Waals surface area contributed by atoms with Gasteiger partial charge in [-0.05, 0) is 31.7 Å². The quantitative estimate of drug-likeness (QED) is 0.927. The summed E-state index contributed by atoms with van der Waals surface area (Å²) in [6.45, 7) is 3.15. The second kappa shape index (κ2) is 7.29. The van der Waals surface area contributed by atoms with Gasteiger partial charge in [-0.15, -0.1) is 0 Å². The molecule has 120 valence electrons. The molecule has 1 amide bonds. The molecule has 22 heavy (non-hydrogen) atoms. The van der Waals surface area contributed by atoms with Crippen LogP contribution in [0.5, 0.6) is 0 Å². The van der Waals surface area contributed by atoms with Crippen LogP contribution < -0.4 is 10.2 Å². The summed E-state index contributed by atoms with van der Waals surface area (Å²) in [5.74, 6) is 0.197. The standard InChI is InChI=1S/C16H22ClN3O2/c17-14-10-18-6-3-15(14)20-7-1-2-12(11-20)16(21)19-13-4-8-22-9-5-13/h3,6,10,12-13H,1-2,4-5,7-9,11H2,(H,19,21). The van der Waals surface area contributed by atoms with E-state index in [1.54, 1.807) is 12.4 Å². The number of amides is 1. The van der Waals surface area contributed by atoms with Crippen molar-refractivity contribution in [1.82, 2.24) is 10.3 Å². The summed E-state index contributed by atoms with van der Waals surface area (Å²) in [6, 6.07) is 2.18. The Morgan fingerprint density at radius 2 is 2.18 bits per heavy atom. The topological polar surface area (TPSA) is 54.5 Å². The first-order valence-electron chi connectivity index (χ1n) is 7.96. The zero-order chi connectivity index (χ0) is 15.4. The van der Waals surface area contributed by atoms with Crippen molar-refractivity contribution in [2.24, 2.45) is 5.92 Å². The number of carbonyl (C=O) groups excluding carboxylic acids is 1. The predicted octanol–water partition coefficient (Wildman–Crippen LogP) is 2.25. The van der Waals surface area contributed by atoms with Gasteiger partial charge in [0.1, 0.15) is 0 Å². The second-order valence-corrected chi connectivity index (χ2v) is 6.41. The largest absolute Gasteiger partial charge is 0.381 e. The van der Waals surface area contributed by atoms with Gasteiger partial charge in [-0.3, -0.25) is 9.78 Å². The van der Waals surface area contributed by atoms with Gasteiger partial charge in [-0.2, -0.15) is 0 Å². The van der Waals surface area contributed by atoms with E-state index in [1.807, 2.05) is 6.07 Å². The van der Waals surface area contributed by atoms with Crippen LogP contribution in [0.15, 0.2) is 18.5 Å². The molecule has 0 aliphatic carbocycles. The maximum atomic E-state index is 12.5. The van der Waals surface area contributed by atoms with E-state index in [1.165, 1.54) is 0 Å². The van der Waals surface area contributed by atoms with Crippen LogP contribution in [0.2, 0.25) is 5.02 Å². The van der Waals surface area contributed by atoms with E-state index in [-0.39, 0.29) is 17.9 Å². The fourth-order valence-electron chi connectivity index (χ4n) is 3.20. The van der Waals surface area contributed by atoms with E-state index < -0.39 is 0 Å². The number of anilines is 1. The van der Waals surface area contributed by atoms with Crippen LogP contribution in [0.4, 0.5) is 5.69 Å². The highest BCUT2D eigenvalue weighted by Crippen LogP contribution is 2.29. The number of ether oxygens (including phenoxy) is 1. The molecule has 1 unspecified atom stereocenters. The lowest BCUT2D eigenvalue weighted by molar-refractivity contribution is -0.126. The fourth-order valence-corrected chi connectivity index (χ4v) is 3.43. The van der Waals surface area contributed by atoms with Crippen molar-refractivity contribution >= 4 is 23.2 Å². The van der Waals surface area contributed by atoms with Crippen LogP contribution >= 0.6 is 11.6 Å². The molecule has 2 aliphatic rings. The van der Waals surface area contributed by atoms with Crippen LogP contribution in [-0.2, 0) is 9.53 Å². The fraction of sp³-hybridized carbons (Fsp3) is 0.625. The first kappa shape index (κ1) is 15.6. The van der Waals surface area contributed by atoms with Gasteiger partial charge >= 0.3 is 0 Å². The van der Waals surface area contributed by atoms with Gasteiger partial charge < -0.3 is 15.0 Å². The monoisotopic (exact) mass is 323 g/mol. The van der Waals surface area contributed by atoms with Crippen molar-refractivity contribution in [2.45, 2.75) is 31.7 Å². The Bertz CT molecular complexity index is 520. The molecule has 6 heteroatoms. The average molecular weight is 324 g/mol. The van der Waals surface area contributed by atoms with Crippen LogP contribution in [0, 0.1) is 5.92 Å². The Balaban J connectivity index is 1.60. The zero-order valence-corrected chi connectivity index (χ0v) is 13.4. The number of nitrogens with one attached hydrogen (secondary N) is 1. The van der Waals surface area contributed by atoms with Gasteiger partial charge in [0.2, 0.25) is 5.91 Å². The van der Waals surface area contributed by atoms with E-state index >= 15 is 0 Å². The molecule has 0 radical (unpaired) electrons. The zero-order valence-electron chi connectivity index (χ0n) is 12.6. The number of carbonyl (C=O) groups is 1. The van der Waals surface area contributed by atoms with E-state index in [2.05, 4.69) is 15.2 Å². The molecular formula is C16H22ClN3O2. The van der Waals surface area contributed by atoms with E-state index in [9.17, 15) is 4.79 Å². The molecular weight excluding hydrogens is 302 g/mol. The molecule has 1 aromatic heterocycles. The van der Waals surface area contributed by atoms with Crippen LogP contribution in [-0.4, -0.2) is 43.2 Å². The van der Waals surface area contributed by atoms with Gasteiger partial charge in [0.15, 0.2) is 0 Å². The summed E-state index contributed by atoms with van der Waals surface area (Å²) in [5, 5.41) is 3.83. The number of rotatable bonds is 3. The lowest BCUT2D eigenvalue weighted by Crippen LogP contribution is -2.47. The maximum Gasteiger partial charge on any atom is 0.225 e. The van der Waals surface area contributed by atoms with E-state index in [0.29, 0.717) is 5.02 Å². The minimum atomic E-state index is 0.0285. The third-order valence-electron chi connectivity index (χ3n) is 4.45. The average Bonchev–Trinajstić information content (AvgIpc) is 2.56. The number of hydrogen-bond donors (Lipinski definition) is 1. The lowest BCUT2D eigenvalue weighted by atomic mass is 9.96. The molecule has 0 saturated carbocycles. The summed E-state index contributed by atoms with van der Waals surface area (Å²) >= 11 is 6.22. The Labute approximate surface area is 136 Å².